The molecule has 1 heterocycles. The zero-order valence-corrected chi connectivity index (χ0v) is 23.1. The van der Waals surface area contributed by atoms with Gasteiger partial charge in [0.25, 0.3) is 0 Å². The van der Waals surface area contributed by atoms with Gasteiger partial charge in [0.15, 0.2) is 19.7 Å². The molecule has 0 aliphatic carbocycles. The Bertz CT molecular complexity index is 749. The molecule has 0 aliphatic rings. The van der Waals surface area contributed by atoms with Gasteiger partial charge in [-0.05, 0) is 44.7 Å². The lowest BCUT2D eigenvalue weighted by Gasteiger charge is -2.09. The van der Waals surface area contributed by atoms with Crippen molar-refractivity contribution in [2.75, 3.05) is 11.5 Å². The average Bonchev–Trinajstić information content (AvgIpc) is 2.96. The lowest BCUT2D eigenvalue weighted by Crippen LogP contribution is -2.14. The third-order valence-corrected chi connectivity index (χ3v) is 12.1. The summed E-state index contributed by atoms with van der Waals surface area (Å²) < 4.78 is 52.6. The Hall–Kier alpha value is 0.560. The minimum atomic E-state index is -3.66. The Morgan fingerprint density at radius 3 is 1.24 bits per heavy atom. The van der Waals surface area contributed by atoms with Gasteiger partial charge in [-0.2, -0.15) is 0 Å². The van der Waals surface area contributed by atoms with E-state index in [-0.39, 0.29) is 21.3 Å². The van der Waals surface area contributed by atoms with E-state index in [4.69, 9.17) is 0 Å². The maximum Gasteiger partial charge on any atom is 0.181 e. The van der Waals surface area contributed by atoms with Crippen LogP contribution in [0.1, 0.15) is 90.9 Å². The Morgan fingerprint density at radius 2 is 0.897 bits per heavy atom. The van der Waals surface area contributed by atoms with E-state index in [0.717, 1.165) is 75.5 Å². The van der Waals surface area contributed by atoms with Crippen LogP contribution >= 0.6 is 43.2 Å². The molecule has 0 aromatic carbocycles. The normalized spacial score (nSPS) is 12.6. The van der Waals surface area contributed by atoms with Gasteiger partial charge >= 0.3 is 0 Å². The molecule has 0 atom stereocenters. The highest BCUT2D eigenvalue weighted by molar-refractivity contribution is 9.12. The fourth-order valence-electron chi connectivity index (χ4n) is 3.23. The van der Waals surface area contributed by atoms with Crippen LogP contribution in [0.15, 0.2) is 17.4 Å². The Labute approximate surface area is 198 Å². The first-order chi connectivity index (χ1) is 13.7. The van der Waals surface area contributed by atoms with E-state index in [1.165, 1.54) is 0 Å². The van der Waals surface area contributed by atoms with Crippen LogP contribution in [0.25, 0.3) is 0 Å². The molecule has 0 N–H and O–H groups in total. The first-order valence-electron chi connectivity index (χ1n) is 10.6. The second-order valence-corrected chi connectivity index (χ2v) is 15.2. The van der Waals surface area contributed by atoms with Crippen molar-refractivity contribution in [3.8, 4) is 0 Å². The van der Waals surface area contributed by atoms with E-state index in [2.05, 4.69) is 45.7 Å². The molecular weight excluding hydrogens is 560 g/mol. The maximum absolute atomic E-state index is 13.0. The van der Waals surface area contributed by atoms with Gasteiger partial charge < -0.3 is 0 Å². The molecule has 4 nitrogen and oxygen atoms in total. The molecule has 0 bridgehead atoms. The zero-order valence-electron chi connectivity index (χ0n) is 17.5. The summed E-state index contributed by atoms with van der Waals surface area (Å²) in [5.41, 5.74) is 0. The number of halogens is 2. The van der Waals surface area contributed by atoms with E-state index >= 15 is 0 Å². The van der Waals surface area contributed by atoms with Crippen molar-refractivity contribution >= 4 is 62.9 Å². The lowest BCUT2D eigenvalue weighted by molar-refractivity contribution is 0.572. The van der Waals surface area contributed by atoms with Crippen molar-refractivity contribution in [2.24, 2.45) is 0 Å². The third kappa shape index (κ3) is 9.29. The smallest absolute Gasteiger partial charge is 0.181 e. The van der Waals surface area contributed by atoms with E-state index in [1.807, 2.05) is 0 Å². The van der Waals surface area contributed by atoms with Gasteiger partial charge in [-0.25, -0.2) is 16.8 Å². The monoisotopic (exact) mass is 592 g/mol. The van der Waals surface area contributed by atoms with E-state index < -0.39 is 19.7 Å². The molecule has 9 heteroatoms. The number of sulfone groups is 2. The van der Waals surface area contributed by atoms with Crippen LogP contribution in [0.3, 0.4) is 0 Å². The highest BCUT2D eigenvalue weighted by Gasteiger charge is 2.33. The summed E-state index contributed by atoms with van der Waals surface area (Å²) >= 11 is 7.71. The number of unbranched alkanes of at least 4 members (excludes halogenated alkanes) is 10. The van der Waals surface area contributed by atoms with Crippen molar-refractivity contribution in [3.05, 3.63) is 7.57 Å². The Kier molecular flexibility index (Phi) is 13.2. The minimum absolute atomic E-state index is 0.0135. The molecule has 1 rings (SSSR count). The largest absolute Gasteiger partial charge is 0.224 e. The van der Waals surface area contributed by atoms with Crippen LogP contribution in [0.4, 0.5) is 0 Å². The zero-order chi connectivity index (χ0) is 21.9. The second-order valence-electron chi connectivity index (χ2n) is 7.48. The molecule has 170 valence electrons. The van der Waals surface area contributed by atoms with Crippen LogP contribution < -0.4 is 0 Å². The molecule has 29 heavy (non-hydrogen) atoms. The van der Waals surface area contributed by atoms with E-state index in [1.54, 1.807) is 0 Å². The van der Waals surface area contributed by atoms with Gasteiger partial charge in [0, 0.05) is 0 Å². The number of hydrogen-bond acceptors (Lipinski definition) is 5. The highest BCUT2D eigenvalue weighted by atomic mass is 79.9. The summed E-state index contributed by atoms with van der Waals surface area (Å²) in [5, 5.41) is 0. The Morgan fingerprint density at radius 1 is 0.586 bits per heavy atom. The molecule has 0 saturated carbocycles. The molecule has 0 radical (unpaired) electrons. The number of hydrogen-bond donors (Lipinski definition) is 0. The molecular formula is C20H34Br2O4S3. The molecule has 0 amide bonds. The summed E-state index contributed by atoms with van der Waals surface area (Å²) in [6.07, 6.45) is 11.7. The quantitative estimate of drug-likeness (QED) is 0.186. The van der Waals surface area contributed by atoms with Crippen molar-refractivity contribution in [1.82, 2.24) is 0 Å². The fourth-order valence-corrected chi connectivity index (χ4v) is 12.3. The van der Waals surface area contributed by atoms with Crippen molar-refractivity contribution < 1.29 is 16.8 Å². The molecule has 1 aromatic rings. The van der Waals surface area contributed by atoms with Gasteiger partial charge in [-0.3, -0.25) is 0 Å². The fraction of sp³-hybridized carbons (Fsp3) is 0.800. The molecule has 1 aromatic heterocycles. The predicted molar refractivity (Wildman–Crippen MR) is 131 cm³/mol. The van der Waals surface area contributed by atoms with Crippen LogP contribution in [-0.2, 0) is 19.7 Å². The topological polar surface area (TPSA) is 68.3 Å². The van der Waals surface area contributed by atoms with E-state index in [9.17, 15) is 16.8 Å². The SMILES string of the molecule is CCCCCCCCS(=O)(=O)c1c(Br)sc(Br)c1S(=O)(=O)CCCCCCCC. The summed E-state index contributed by atoms with van der Waals surface area (Å²) in [6.45, 7) is 4.28. The van der Waals surface area contributed by atoms with Crippen LogP contribution in [0.2, 0.25) is 0 Å². The Balaban J connectivity index is 2.84. The van der Waals surface area contributed by atoms with Crippen molar-refractivity contribution in [1.29, 1.82) is 0 Å². The summed E-state index contributed by atoms with van der Waals surface area (Å²) in [5.74, 6) is -0.0269. The van der Waals surface area contributed by atoms with Crippen molar-refractivity contribution in [2.45, 2.75) is 101 Å². The van der Waals surface area contributed by atoms with Gasteiger partial charge in [0.1, 0.15) is 9.79 Å². The highest BCUT2D eigenvalue weighted by Crippen LogP contribution is 2.43. The van der Waals surface area contributed by atoms with Gasteiger partial charge in [0.05, 0.1) is 19.1 Å². The van der Waals surface area contributed by atoms with Crippen molar-refractivity contribution in [3.63, 3.8) is 0 Å². The van der Waals surface area contributed by atoms with Gasteiger partial charge in [-0.15, -0.1) is 11.3 Å². The van der Waals surface area contributed by atoms with Crippen LogP contribution in [-0.4, -0.2) is 28.3 Å². The molecule has 0 saturated heterocycles. The molecule has 0 spiro atoms. The molecule has 0 fully saturated rings. The predicted octanol–water partition coefficient (Wildman–Crippen LogP) is 7.54. The summed E-state index contributed by atoms with van der Waals surface area (Å²) in [6, 6.07) is 0. The van der Waals surface area contributed by atoms with E-state index in [0.29, 0.717) is 20.4 Å². The number of rotatable bonds is 16. The summed E-state index contributed by atoms with van der Waals surface area (Å²) in [4.78, 5) is -0.0946. The second kappa shape index (κ2) is 13.9. The average molecular weight is 594 g/mol. The van der Waals surface area contributed by atoms with Crippen LogP contribution in [0.5, 0.6) is 0 Å². The molecule has 0 aliphatic heterocycles. The number of thiophene rings is 1. The van der Waals surface area contributed by atoms with Gasteiger partial charge in [0.2, 0.25) is 0 Å². The van der Waals surface area contributed by atoms with Crippen LogP contribution in [0, 0.1) is 0 Å². The standard InChI is InChI=1S/C20H34Br2O4S3/c1-3-5-7-9-11-13-15-28(23,24)17-18(20(22)27-19(17)21)29(25,26)16-14-12-10-8-6-4-2/h3-16H2,1-2H3. The first-order valence-corrected chi connectivity index (χ1v) is 16.3. The maximum atomic E-state index is 13.0. The summed E-state index contributed by atoms with van der Waals surface area (Å²) in [7, 11) is -7.33. The lowest BCUT2D eigenvalue weighted by atomic mass is 10.1. The minimum Gasteiger partial charge on any atom is -0.224 e. The first kappa shape index (κ1) is 27.6. The third-order valence-electron chi connectivity index (χ3n) is 4.90. The van der Waals surface area contributed by atoms with Gasteiger partial charge in [-0.1, -0.05) is 78.1 Å². The molecule has 0 unspecified atom stereocenters.